The van der Waals surface area contributed by atoms with Crippen LogP contribution in [-0.4, -0.2) is 31.7 Å². The number of rotatable bonds is 6. The molecule has 2 aromatic rings. The van der Waals surface area contributed by atoms with Gasteiger partial charge < -0.3 is 5.32 Å². The summed E-state index contributed by atoms with van der Waals surface area (Å²) >= 11 is 0. The Morgan fingerprint density at radius 2 is 1.67 bits per heavy atom. The molecule has 6 heteroatoms. The van der Waals surface area contributed by atoms with Crippen LogP contribution in [0.15, 0.2) is 59.5 Å². The molecule has 0 atom stereocenters. The second-order valence-corrected chi connectivity index (χ2v) is 9.06. The van der Waals surface area contributed by atoms with E-state index in [1.807, 2.05) is 49.4 Å². The van der Waals surface area contributed by atoms with Crippen LogP contribution in [0.4, 0.5) is 0 Å². The number of nitrogens with zero attached hydrogens (tertiary/aromatic N) is 1. The highest BCUT2D eigenvalue weighted by Crippen LogP contribution is 2.25. The van der Waals surface area contributed by atoms with Crippen molar-refractivity contribution < 1.29 is 13.2 Å². The number of carbonyl (C=O) groups excluding carboxylic acids is 1. The van der Waals surface area contributed by atoms with E-state index in [9.17, 15) is 13.2 Å². The van der Waals surface area contributed by atoms with Gasteiger partial charge in [0, 0.05) is 26.1 Å². The predicted octanol–water partition coefficient (Wildman–Crippen LogP) is 3.10. The molecule has 1 aliphatic heterocycles. The summed E-state index contributed by atoms with van der Waals surface area (Å²) in [5, 5.41) is 2.95. The van der Waals surface area contributed by atoms with Gasteiger partial charge in [0.05, 0.1) is 4.90 Å². The largest absolute Gasteiger partial charge is 0.352 e. The van der Waals surface area contributed by atoms with Gasteiger partial charge >= 0.3 is 0 Å². The van der Waals surface area contributed by atoms with Crippen LogP contribution in [0.25, 0.3) is 0 Å². The zero-order valence-electron chi connectivity index (χ0n) is 15.6. The molecule has 0 radical (unpaired) electrons. The summed E-state index contributed by atoms with van der Waals surface area (Å²) in [7, 11) is -3.44. The molecule has 1 saturated heterocycles. The Balaban J connectivity index is 1.48. The van der Waals surface area contributed by atoms with Crippen LogP contribution in [0.1, 0.15) is 30.4 Å². The van der Waals surface area contributed by atoms with E-state index in [1.165, 1.54) is 4.31 Å². The quantitative estimate of drug-likeness (QED) is 0.830. The van der Waals surface area contributed by atoms with Crippen LogP contribution in [0.2, 0.25) is 0 Å². The van der Waals surface area contributed by atoms with E-state index in [1.54, 1.807) is 12.1 Å². The maximum Gasteiger partial charge on any atom is 0.243 e. The van der Waals surface area contributed by atoms with Crippen molar-refractivity contribution in [2.24, 2.45) is 5.92 Å². The summed E-state index contributed by atoms with van der Waals surface area (Å²) in [4.78, 5) is 12.5. The first-order valence-corrected chi connectivity index (χ1v) is 10.8. The van der Waals surface area contributed by atoms with Gasteiger partial charge in [-0.3, -0.25) is 4.79 Å². The first-order chi connectivity index (χ1) is 12.9. The van der Waals surface area contributed by atoms with Gasteiger partial charge in [-0.1, -0.05) is 48.0 Å². The molecular formula is C21H26N2O3S. The van der Waals surface area contributed by atoms with Crippen molar-refractivity contribution in [1.82, 2.24) is 9.62 Å². The number of hydrogen-bond donors (Lipinski definition) is 1. The molecule has 0 aliphatic carbocycles. The summed E-state index contributed by atoms with van der Waals surface area (Å²) in [6.07, 6.45) is 1.87. The van der Waals surface area contributed by atoms with Crippen molar-refractivity contribution >= 4 is 15.9 Å². The van der Waals surface area contributed by atoms with Gasteiger partial charge in [-0.05, 0) is 43.4 Å². The lowest BCUT2D eigenvalue weighted by atomic mass is 9.94. The standard InChI is InChI=1S/C21H26N2O3S/c1-17-7-9-20(10-8-17)27(25,26)23-13-11-18(12-14-23)15-21(24)22-16-19-5-3-2-4-6-19/h2-10,18H,11-16H2,1H3,(H,22,24). The van der Waals surface area contributed by atoms with Crippen LogP contribution < -0.4 is 5.32 Å². The molecule has 0 saturated carbocycles. The fraction of sp³-hybridized carbons (Fsp3) is 0.381. The van der Waals surface area contributed by atoms with Gasteiger partial charge in [0.2, 0.25) is 15.9 Å². The number of carbonyl (C=O) groups is 1. The van der Waals surface area contributed by atoms with E-state index in [0.29, 0.717) is 43.8 Å². The van der Waals surface area contributed by atoms with E-state index in [2.05, 4.69) is 5.32 Å². The van der Waals surface area contributed by atoms with E-state index in [0.717, 1.165) is 11.1 Å². The Kier molecular flexibility index (Phi) is 6.29. The molecule has 144 valence electrons. The van der Waals surface area contributed by atoms with Crippen molar-refractivity contribution in [2.75, 3.05) is 13.1 Å². The molecule has 1 amide bonds. The maximum absolute atomic E-state index is 12.7. The average molecular weight is 387 g/mol. The Labute approximate surface area is 161 Å². The third-order valence-corrected chi connectivity index (χ3v) is 6.95. The second kappa shape index (κ2) is 8.67. The number of amides is 1. The minimum absolute atomic E-state index is 0.0266. The SMILES string of the molecule is Cc1ccc(S(=O)(=O)N2CCC(CC(=O)NCc3ccccc3)CC2)cc1. The molecule has 0 unspecified atom stereocenters. The number of benzene rings is 2. The van der Waals surface area contributed by atoms with Gasteiger partial charge in [-0.15, -0.1) is 0 Å². The summed E-state index contributed by atoms with van der Waals surface area (Å²) in [6.45, 7) is 3.39. The molecular weight excluding hydrogens is 360 g/mol. The topological polar surface area (TPSA) is 66.5 Å². The van der Waals surface area contributed by atoms with Crippen molar-refractivity contribution in [3.05, 3.63) is 65.7 Å². The number of aryl methyl sites for hydroxylation is 1. The van der Waals surface area contributed by atoms with Gasteiger partial charge in [-0.2, -0.15) is 4.31 Å². The first-order valence-electron chi connectivity index (χ1n) is 9.32. The zero-order valence-corrected chi connectivity index (χ0v) is 16.4. The minimum atomic E-state index is -3.44. The van der Waals surface area contributed by atoms with E-state index < -0.39 is 10.0 Å². The molecule has 3 rings (SSSR count). The van der Waals surface area contributed by atoms with Crippen molar-refractivity contribution in [3.63, 3.8) is 0 Å². The Hall–Kier alpha value is -2.18. The highest BCUT2D eigenvalue weighted by Gasteiger charge is 2.30. The van der Waals surface area contributed by atoms with Crippen molar-refractivity contribution in [2.45, 2.75) is 37.6 Å². The third-order valence-electron chi connectivity index (χ3n) is 5.04. The molecule has 1 N–H and O–H groups in total. The van der Waals surface area contributed by atoms with Crippen LogP contribution in [-0.2, 0) is 21.4 Å². The van der Waals surface area contributed by atoms with E-state index in [-0.39, 0.29) is 11.8 Å². The lowest BCUT2D eigenvalue weighted by Gasteiger charge is -2.31. The summed E-state index contributed by atoms with van der Waals surface area (Å²) in [6, 6.07) is 16.8. The van der Waals surface area contributed by atoms with E-state index in [4.69, 9.17) is 0 Å². The van der Waals surface area contributed by atoms with Crippen molar-refractivity contribution in [1.29, 1.82) is 0 Å². The average Bonchev–Trinajstić information content (AvgIpc) is 2.68. The van der Waals surface area contributed by atoms with Crippen LogP contribution in [0, 0.1) is 12.8 Å². The Bertz CT molecular complexity index is 856. The lowest BCUT2D eigenvalue weighted by Crippen LogP contribution is -2.39. The molecule has 27 heavy (non-hydrogen) atoms. The van der Waals surface area contributed by atoms with Gasteiger partial charge in [-0.25, -0.2) is 8.42 Å². The monoisotopic (exact) mass is 386 g/mol. The number of piperidine rings is 1. The number of nitrogens with one attached hydrogen (secondary N) is 1. The van der Waals surface area contributed by atoms with Crippen LogP contribution in [0.5, 0.6) is 0 Å². The molecule has 0 aromatic heterocycles. The predicted molar refractivity (Wildman–Crippen MR) is 106 cm³/mol. The maximum atomic E-state index is 12.7. The highest BCUT2D eigenvalue weighted by atomic mass is 32.2. The van der Waals surface area contributed by atoms with Crippen LogP contribution in [0.3, 0.4) is 0 Å². The van der Waals surface area contributed by atoms with Crippen molar-refractivity contribution in [3.8, 4) is 0 Å². The highest BCUT2D eigenvalue weighted by molar-refractivity contribution is 7.89. The Morgan fingerprint density at radius 3 is 2.30 bits per heavy atom. The number of hydrogen-bond acceptors (Lipinski definition) is 3. The smallest absolute Gasteiger partial charge is 0.243 e. The fourth-order valence-corrected chi connectivity index (χ4v) is 4.81. The molecule has 0 spiro atoms. The van der Waals surface area contributed by atoms with E-state index >= 15 is 0 Å². The molecule has 1 heterocycles. The summed E-state index contributed by atoms with van der Waals surface area (Å²) < 4.78 is 27.0. The first kappa shape index (κ1) is 19.6. The normalized spacial score (nSPS) is 16.2. The summed E-state index contributed by atoms with van der Waals surface area (Å²) in [5.74, 6) is 0.254. The number of sulfonamides is 1. The Morgan fingerprint density at radius 1 is 1.04 bits per heavy atom. The van der Waals surface area contributed by atoms with Crippen LogP contribution >= 0.6 is 0 Å². The minimum Gasteiger partial charge on any atom is -0.352 e. The zero-order chi connectivity index (χ0) is 19.3. The molecule has 5 nitrogen and oxygen atoms in total. The molecule has 1 aliphatic rings. The molecule has 1 fully saturated rings. The third kappa shape index (κ3) is 5.17. The fourth-order valence-electron chi connectivity index (χ4n) is 3.34. The molecule has 0 bridgehead atoms. The summed E-state index contributed by atoms with van der Waals surface area (Å²) in [5.41, 5.74) is 2.11. The second-order valence-electron chi connectivity index (χ2n) is 7.13. The van der Waals surface area contributed by atoms with Gasteiger partial charge in [0.25, 0.3) is 0 Å². The lowest BCUT2D eigenvalue weighted by molar-refractivity contribution is -0.122. The van der Waals surface area contributed by atoms with Gasteiger partial charge in [0.1, 0.15) is 0 Å². The molecule has 2 aromatic carbocycles. The van der Waals surface area contributed by atoms with Gasteiger partial charge in [0.15, 0.2) is 0 Å².